The Labute approximate surface area is 170 Å². The Kier molecular flexibility index (Phi) is 7.30. The van der Waals surface area contributed by atoms with Gasteiger partial charge in [0.2, 0.25) is 5.91 Å². The van der Waals surface area contributed by atoms with Crippen molar-refractivity contribution in [3.63, 3.8) is 0 Å². The minimum atomic E-state index is 0.104. The van der Waals surface area contributed by atoms with E-state index in [0.29, 0.717) is 13.0 Å². The summed E-state index contributed by atoms with van der Waals surface area (Å²) in [6.45, 7) is 2.82. The lowest BCUT2D eigenvalue weighted by Crippen LogP contribution is -2.36. The normalized spacial score (nSPS) is 15.5. The molecule has 5 heteroatoms. The van der Waals surface area contributed by atoms with Crippen molar-refractivity contribution in [1.29, 1.82) is 0 Å². The van der Waals surface area contributed by atoms with Crippen LogP contribution in [0.5, 0.6) is 5.75 Å². The molecule has 0 aromatic heterocycles. The number of hydrogen-bond acceptors (Lipinski definition) is 3. The quantitative estimate of drug-likeness (QED) is 0.676. The average Bonchev–Trinajstić information content (AvgIpc) is 3.21. The standard InChI is InChI=1S/C22H27BrN2O2/c1-27-20-10-8-18(9-11-20)21(25-13-2-3-14-25)16-24-22(26)12-7-17-5-4-6-19(23)15-17/h4-6,8-11,15,21H,2-3,7,12-14,16H2,1H3,(H,24,26). The zero-order chi connectivity index (χ0) is 19.1. The van der Waals surface area contributed by atoms with Gasteiger partial charge in [-0.15, -0.1) is 0 Å². The smallest absolute Gasteiger partial charge is 0.220 e. The van der Waals surface area contributed by atoms with E-state index in [2.05, 4.69) is 50.4 Å². The SMILES string of the molecule is COc1ccc(C(CNC(=O)CCc2cccc(Br)c2)N2CCCC2)cc1. The van der Waals surface area contributed by atoms with Gasteiger partial charge < -0.3 is 10.1 Å². The predicted octanol–water partition coefficient (Wildman–Crippen LogP) is 4.34. The number of halogens is 1. The number of rotatable bonds is 8. The number of amides is 1. The Morgan fingerprint density at radius 1 is 1.19 bits per heavy atom. The number of likely N-dealkylation sites (tertiary alicyclic amines) is 1. The van der Waals surface area contributed by atoms with Crippen LogP contribution in [0.4, 0.5) is 0 Å². The number of aryl methyl sites for hydroxylation is 1. The number of hydrogen-bond donors (Lipinski definition) is 1. The number of carbonyl (C=O) groups excluding carboxylic acids is 1. The van der Waals surface area contributed by atoms with Crippen LogP contribution in [0, 0.1) is 0 Å². The molecule has 0 saturated carbocycles. The highest BCUT2D eigenvalue weighted by molar-refractivity contribution is 9.10. The van der Waals surface area contributed by atoms with E-state index in [4.69, 9.17) is 4.74 Å². The molecule has 1 aliphatic rings. The molecule has 1 fully saturated rings. The highest BCUT2D eigenvalue weighted by Crippen LogP contribution is 2.26. The molecule has 0 bridgehead atoms. The van der Waals surface area contributed by atoms with Crippen molar-refractivity contribution in [2.24, 2.45) is 0 Å². The minimum Gasteiger partial charge on any atom is -0.497 e. The van der Waals surface area contributed by atoms with Gasteiger partial charge in [0.05, 0.1) is 13.2 Å². The van der Waals surface area contributed by atoms with Gasteiger partial charge in [-0.25, -0.2) is 0 Å². The number of nitrogens with zero attached hydrogens (tertiary/aromatic N) is 1. The van der Waals surface area contributed by atoms with Crippen molar-refractivity contribution in [3.05, 3.63) is 64.1 Å². The molecule has 27 heavy (non-hydrogen) atoms. The lowest BCUT2D eigenvalue weighted by molar-refractivity contribution is -0.121. The fraction of sp³-hybridized carbons (Fsp3) is 0.409. The minimum absolute atomic E-state index is 0.104. The van der Waals surface area contributed by atoms with Crippen LogP contribution in [0.25, 0.3) is 0 Å². The Bertz CT molecular complexity index is 742. The molecule has 4 nitrogen and oxygen atoms in total. The second-order valence-electron chi connectivity index (χ2n) is 6.97. The van der Waals surface area contributed by atoms with Crippen LogP contribution in [0.3, 0.4) is 0 Å². The predicted molar refractivity (Wildman–Crippen MR) is 112 cm³/mol. The summed E-state index contributed by atoms with van der Waals surface area (Å²) >= 11 is 3.48. The monoisotopic (exact) mass is 430 g/mol. The van der Waals surface area contributed by atoms with E-state index in [1.165, 1.54) is 24.0 Å². The molecular weight excluding hydrogens is 404 g/mol. The number of methoxy groups -OCH3 is 1. The van der Waals surface area contributed by atoms with Crippen LogP contribution in [0.1, 0.15) is 36.4 Å². The maximum Gasteiger partial charge on any atom is 0.220 e. The molecule has 1 heterocycles. The summed E-state index contributed by atoms with van der Waals surface area (Å²) in [7, 11) is 1.68. The lowest BCUT2D eigenvalue weighted by atomic mass is 10.0. The van der Waals surface area contributed by atoms with Crippen molar-refractivity contribution < 1.29 is 9.53 Å². The van der Waals surface area contributed by atoms with E-state index in [-0.39, 0.29) is 11.9 Å². The zero-order valence-electron chi connectivity index (χ0n) is 15.8. The molecule has 1 saturated heterocycles. The van der Waals surface area contributed by atoms with E-state index < -0.39 is 0 Å². The first-order valence-electron chi connectivity index (χ1n) is 9.55. The van der Waals surface area contributed by atoms with Crippen LogP contribution in [0.2, 0.25) is 0 Å². The highest BCUT2D eigenvalue weighted by atomic mass is 79.9. The number of carbonyl (C=O) groups is 1. The molecular formula is C22H27BrN2O2. The third-order valence-electron chi connectivity index (χ3n) is 5.10. The third-order valence-corrected chi connectivity index (χ3v) is 5.60. The molecule has 0 aliphatic carbocycles. The van der Waals surface area contributed by atoms with Crippen molar-refractivity contribution in [2.45, 2.75) is 31.7 Å². The molecule has 0 radical (unpaired) electrons. The average molecular weight is 431 g/mol. The molecule has 1 atom stereocenters. The van der Waals surface area contributed by atoms with Gasteiger partial charge in [-0.3, -0.25) is 9.69 Å². The fourth-order valence-corrected chi connectivity index (χ4v) is 4.03. The van der Waals surface area contributed by atoms with E-state index in [1.54, 1.807) is 7.11 Å². The van der Waals surface area contributed by atoms with Crippen molar-refractivity contribution >= 4 is 21.8 Å². The maximum atomic E-state index is 12.4. The lowest BCUT2D eigenvalue weighted by Gasteiger charge is -2.28. The Balaban J connectivity index is 1.57. The van der Waals surface area contributed by atoms with Gasteiger partial charge in [-0.1, -0.05) is 40.2 Å². The van der Waals surface area contributed by atoms with Crippen LogP contribution < -0.4 is 10.1 Å². The second kappa shape index (κ2) is 9.90. The molecule has 1 amide bonds. The van der Waals surface area contributed by atoms with E-state index in [9.17, 15) is 4.79 Å². The third kappa shape index (κ3) is 5.81. The van der Waals surface area contributed by atoms with Gasteiger partial charge in [0, 0.05) is 17.4 Å². The molecule has 2 aromatic rings. The molecule has 1 unspecified atom stereocenters. The van der Waals surface area contributed by atoms with Crippen LogP contribution in [0.15, 0.2) is 53.0 Å². The summed E-state index contributed by atoms with van der Waals surface area (Å²) < 4.78 is 6.32. The first-order valence-corrected chi connectivity index (χ1v) is 10.3. The van der Waals surface area contributed by atoms with E-state index in [1.807, 2.05) is 24.3 Å². The van der Waals surface area contributed by atoms with Gasteiger partial charge in [0.25, 0.3) is 0 Å². The summed E-state index contributed by atoms with van der Waals surface area (Å²) in [6, 6.07) is 16.5. The molecule has 3 rings (SSSR count). The van der Waals surface area contributed by atoms with E-state index in [0.717, 1.165) is 29.7 Å². The summed E-state index contributed by atoms with van der Waals surface area (Å²) in [5, 5.41) is 3.15. The van der Waals surface area contributed by atoms with Crippen LogP contribution in [-0.2, 0) is 11.2 Å². The van der Waals surface area contributed by atoms with Crippen molar-refractivity contribution in [2.75, 3.05) is 26.7 Å². The summed E-state index contributed by atoms with van der Waals surface area (Å²) in [5.74, 6) is 0.963. The first-order chi connectivity index (χ1) is 13.2. The van der Waals surface area contributed by atoms with Crippen molar-refractivity contribution in [3.8, 4) is 5.75 Å². The van der Waals surface area contributed by atoms with Crippen molar-refractivity contribution in [1.82, 2.24) is 10.2 Å². The first kappa shape index (κ1) is 19.9. The van der Waals surface area contributed by atoms with Gasteiger partial charge in [-0.2, -0.15) is 0 Å². The van der Waals surface area contributed by atoms with E-state index >= 15 is 0 Å². The fourth-order valence-electron chi connectivity index (χ4n) is 3.59. The molecule has 0 spiro atoms. The molecule has 2 aromatic carbocycles. The number of ether oxygens (including phenoxy) is 1. The number of nitrogens with one attached hydrogen (secondary N) is 1. The largest absolute Gasteiger partial charge is 0.497 e. The van der Waals surface area contributed by atoms with Gasteiger partial charge in [-0.05, 0) is 67.7 Å². The number of benzene rings is 2. The summed E-state index contributed by atoms with van der Waals surface area (Å²) in [4.78, 5) is 14.9. The zero-order valence-corrected chi connectivity index (χ0v) is 17.4. The van der Waals surface area contributed by atoms with Crippen LogP contribution >= 0.6 is 15.9 Å². The topological polar surface area (TPSA) is 41.6 Å². The maximum absolute atomic E-state index is 12.4. The molecule has 144 valence electrons. The molecule has 1 aliphatic heterocycles. The Morgan fingerprint density at radius 3 is 2.59 bits per heavy atom. The van der Waals surface area contributed by atoms with Crippen LogP contribution in [-0.4, -0.2) is 37.6 Å². The highest BCUT2D eigenvalue weighted by Gasteiger charge is 2.24. The Hall–Kier alpha value is -1.85. The summed E-state index contributed by atoms with van der Waals surface area (Å²) in [6.07, 6.45) is 3.71. The van der Waals surface area contributed by atoms with Gasteiger partial charge in [0.15, 0.2) is 0 Å². The van der Waals surface area contributed by atoms with Gasteiger partial charge >= 0.3 is 0 Å². The molecule has 1 N–H and O–H groups in total. The summed E-state index contributed by atoms with van der Waals surface area (Å²) in [5.41, 5.74) is 2.40. The second-order valence-corrected chi connectivity index (χ2v) is 7.88. The van der Waals surface area contributed by atoms with Gasteiger partial charge in [0.1, 0.15) is 5.75 Å². The Morgan fingerprint density at radius 2 is 1.93 bits per heavy atom.